The fraction of sp³-hybridized carbons (Fsp3) is 0.308. The second-order valence-corrected chi connectivity index (χ2v) is 4.19. The maximum Gasteiger partial charge on any atom is 0.326 e. The van der Waals surface area contributed by atoms with Crippen molar-refractivity contribution in [3.05, 3.63) is 29.8 Å². The van der Waals surface area contributed by atoms with Gasteiger partial charge in [-0.25, -0.2) is 4.79 Å². The Morgan fingerprint density at radius 2 is 2.16 bits per heavy atom. The van der Waals surface area contributed by atoms with Crippen molar-refractivity contribution in [2.75, 3.05) is 7.11 Å². The van der Waals surface area contributed by atoms with Gasteiger partial charge in [-0.05, 0) is 24.6 Å². The average Bonchev–Trinajstić information content (AvgIpc) is 2.80. The Balaban J connectivity index is 2.31. The first-order valence-corrected chi connectivity index (χ1v) is 5.78. The van der Waals surface area contributed by atoms with Crippen molar-refractivity contribution in [2.45, 2.75) is 18.9 Å². The number of carboxylic acids is 1. The third-order valence-corrected chi connectivity index (χ3v) is 3.03. The molecule has 1 heterocycles. The zero-order valence-corrected chi connectivity index (χ0v) is 10.3. The lowest BCUT2D eigenvalue weighted by molar-refractivity contribution is -0.144. The zero-order chi connectivity index (χ0) is 14.0. The maximum absolute atomic E-state index is 12.2. The van der Waals surface area contributed by atoms with Crippen LogP contribution in [0.25, 0.3) is 0 Å². The number of carboxylic acid groups (broad SMARTS) is 1. The molecule has 0 aromatic heterocycles. The minimum Gasteiger partial charge on any atom is -0.497 e. The van der Waals surface area contributed by atoms with Gasteiger partial charge in [-0.15, -0.1) is 0 Å². The number of rotatable bonds is 3. The number of methoxy groups -OCH3 is 1. The molecule has 1 aliphatic rings. The van der Waals surface area contributed by atoms with Crippen LogP contribution in [-0.2, 0) is 9.59 Å². The van der Waals surface area contributed by atoms with Gasteiger partial charge in [-0.2, -0.15) is 0 Å². The van der Waals surface area contributed by atoms with Crippen LogP contribution in [0.3, 0.4) is 0 Å². The Bertz CT molecular complexity index is 540. The molecule has 0 spiro atoms. The SMILES string of the molecule is COc1cccc(C(=O)N2C(=O)CCC2C(=O)O)c1. The third-order valence-electron chi connectivity index (χ3n) is 3.03. The van der Waals surface area contributed by atoms with Gasteiger partial charge in [-0.1, -0.05) is 6.07 Å². The van der Waals surface area contributed by atoms with E-state index in [1.54, 1.807) is 12.1 Å². The van der Waals surface area contributed by atoms with E-state index in [9.17, 15) is 14.4 Å². The number of nitrogens with zero attached hydrogens (tertiary/aromatic N) is 1. The molecule has 6 heteroatoms. The van der Waals surface area contributed by atoms with Crippen LogP contribution in [0.15, 0.2) is 24.3 Å². The van der Waals surface area contributed by atoms with Crippen molar-refractivity contribution in [1.82, 2.24) is 4.90 Å². The highest BCUT2D eigenvalue weighted by Gasteiger charge is 2.40. The second kappa shape index (κ2) is 5.09. The summed E-state index contributed by atoms with van der Waals surface area (Å²) in [6.45, 7) is 0. The van der Waals surface area contributed by atoms with Gasteiger partial charge in [0.25, 0.3) is 5.91 Å². The lowest BCUT2D eigenvalue weighted by Crippen LogP contribution is -2.42. The Labute approximate surface area is 109 Å². The number of imide groups is 1. The predicted molar refractivity (Wildman–Crippen MR) is 64.8 cm³/mol. The summed E-state index contributed by atoms with van der Waals surface area (Å²) in [6, 6.07) is 5.20. The zero-order valence-electron chi connectivity index (χ0n) is 10.3. The van der Waals surface area contributed by atoms with Crippen LogP contribution in [0.4, 0.5) is 0 Å². The number of hydrogen-bond donors (Lipinski definition) is 1. The van der Waals surface area contributed by atoms with E-state index in [0.717, 1.165) is 4.90 Å². The van der Waals surface area contributed by atoms with E-state index in [4.69, 9.17) is 9.84 Å². The summed E-state index contributed by atoms with van der Waals surface area (Å²) in [5.41, 5.74) is 0.237. The first-order valence-electron chi connectivity index (χ1n) is 5.78. The predicted octanol–water partition coefficient (Wildman–Crippen LogP) is 0.911. The first kappa shape index (κ1) is 13.1. The minimum absolute atomic E-state index is 0.0761. The summed E-state index contributed by atoms with van der Waals surface area (Å²) < 4.78 is 5.00. The van der Waals surface area contributed by atoms with Crippen LogP contribution in [0.5, 0.6) is 5.75 Å². The summed E-state index contributed by atoms with van der Waals surface area (Å²) in [7, 11) is 1.46. The Morgan fingerprint density at radius 1 is 1.42 bits per heavy atom. The topological polar surface area (TPSA) is 83.9 Å². The van der Waals surface area contributed by atoms with Crippen LogP contribution in [-0.4, -0.2) is 40.9 Å². The molecule has 2 amide bonds. The third kappa shape index (κ3) is 2.42. The van der Waals surface area contributed by atoms with Gasteiger partial charge in [0, 0.05) is 12.0 Å². The molecule has 1 saturated heterocycles. The van der Waals surface area contributed by atoms with Gasteiger partial charge < -0.3 is 9.84 Å². The second-order valence-electron chi connectivity index (χ2n) is 4.19. The highest BCUT2D eigenvalue weighted by molar-refractivity contribution is 6.08. The summed E-state index contributed by atoms with van der Waals surface area (Å²) in [5.74, 6) is -1.75. The molecule has 1 unspecified atom stereocenters. The van der Waals surface area contributed by atoms with E-state index < -0.39 is 23.8 Å². The summed E-state index contributed by atoms with van der Waals surface area (Å²) in [6.07, 6.45) is 0.233. The molecule has 6 nitrogen and oxygen atoms in total. The monoisotopic (exact) mass is 263 g/mol. The highest BCUT2D eigenvalue weighted by atomic mass is 16.5. The molecular formula is C13H13NO5. The quantitative estimate of drug-likeness (QED) is 0.819. The molecule has 1 aliphatic heterocycles. The van der Waals surface area contributed by atoms with Crippen LogP contribution in [0.1, 0.15) is 23.2 Å². The Kier molecular flexibility index (Phi) is 3.50. The molecular weight excluding hydrogens is 250 g/mol. The molecule has 100 valence electrons. The van der Waals surface area contributed by atoms with Crippen molar-refractivity contribution in [3.8, 4) is 5.75 Å². The van der Waals surface area contributed by atoms with Gasteiger partial charge >= 0.3 is 5.97 Å². The number of hydrogen-bond acceptors (Lipinski definition) is 4. The molecule has 19 heavy (non-hydrogen) atoms. The van der Waals surface area contributed by atoms with E-state index in [2.05, 4.69) is 0 Å². The molecule has 1 aromatic carbocycles. The lowest BCUT2D eigenvalue weighted by Gasteiger charge is -2.19. The number of likely N-dealkylation sites (tertiary alicyclic amines) is 1. The first-order chi connectivity index (χ1) is 9.04. The van der Waals surface area contributed by atoms with Gasteiger partial charge in [0.2, 0.25) is 5.91 Å². The van der Waals surface area contributed by atoms with Crippen molar-refractivity contribution in [1.29, 1.82) is 0 Å². The van der Waals surface area contributed by atoms with Crippen LogP contribution >= 0.6 is 0 Å². The number of benzene rings is 1. The fourth-order valence-corrected chi connectivity index (χ4v) is 2.07. The molecule has 1 fully saturated rings. The maximum atomic E-state index is 12.2. The molecule has 0 saturated carbocycles. The number of carbonyl (C=O) groups excluding carboxylic acids is 2. The molecule has 1 N–H and O–H groups in total. The molecule has 2 rings (SSSR count). The lowest BCUT2D eigenvalue weighted by atomic mass is 10.1. The van der Waals surface area contributed by atoms with Crippen molar-refractivity contribution in [2.24, 2.45) is 0 Å². The van der Waals surface area contributed by atoms with Crippen molar-refractivity contribution in [3.63, 3.8) is 0 Å². The van der Waals surface area contributed by atoms with Crippen LogP contribution in [0, 0.1) is 0 Å². The van der Waals surface area contributed by atoms with Gasteiger partial charge in [0.15, 0.2) is 0 Å². The van der Waals surface area contributed by atoms with E-state index in [-0.39, 0.29) is 18.4 Å². The van der Waals surface area contributed by atoms with E-state index in [0.29, 0.717) is 5.75 Å². The minimum atomic E-state index is -1.16. The van der Waals surface area contributed by atoms with E-state index >= 15 is 0 Å². The molecule has 1 atom stereocenters. The smallest absolute Gasteiger partial charge is 0.326 e. The molecule has 0 radical (unpaired) electrons. The average molecular weight is 263 g/mol. The normalized spacial score (nSPS) is 18.5. The van der Waals surface area contributed by atoms with Crippen molar-refractivity contribution < 1.29 is 24.2 Å². The standard InChI is InChI=1S/C13H13NO5/c1-19-9-4-2-3-8(7-9)12(16)14-10(13(17)18)5-6-11(14)15/h2-4,7,10H,5-6H2,1H3,(H,17,18). The Morgan fingerprint density at radius 3 is 2.79 bits per heavy atom. The van der Waals surface area contributed by atoms with Gasteiger partial charge in [0.1, 0.15) is 11.8 Å². The van der Waals surface area contributed by atoms with E-state index in [1.807, 2.05) is 0 Å². The number of carbonyl (C=O) groups is 3. The van der Waals surface area contributed by atoms with E-state index in [1.165, 1.54) is 19.2 Å². The van der Waals surface area contributed by atoms with Crippen molar-refractivity contribution >= 4 is 17.8 Å². The number of amides is 2. The molecule has 0 aliphatic carbocycles. The van der Waals surface area contributed by atoms with Gasteiger partial charge in [0.05, 0.1) is 7.11 Å². The largest absolute Gasteiger partial charge is 0.497 e. The van der Waals surface area contributed by atoms with Crippen LogP contribution in [0.2, 0.25) is 0 Å². The summed E-state index contributed by atoms with van der Waals surface area (Å²) >= 11 is 0. The molecule has 0 bridgehead atoms. The van der Waals surface area contributed by atoms with Gasteiger partial charge in [-0.3, -0.25) is 14.5 Å². The number of aliphatic carboxylic acids is 1. The summed E-state index contributed by atoms with van der Waals surface area (Å²) in [5, 5.41) is 9.03. The number of ether oxygens (including phenoxy) is 1. The van der Waals surface area contributed by atoms with Crippen LogP contribution < -0.4 is 4.74 Å². The highest BCUT2D eigenvalue weighted by Crippen LogP contribution is 2.23. The summed E-state index contributed by atoms with van der Waals surface area (Å²) in [4.78, 5) is 35.8. The molecule has 1 aromatic rings. The fourth-order valence-electron chi connectivity index (χ4n) is 2.07. The Hall–Kier alpha value is -2.37.